The number of fused-ring (bicyclic) bond motifs is 1. The van der Waals surface area contributed by atoms with Crippen molar-refractivity contribution in [3.05, 3.63) is 21.0 Å². The number of aliphatic hydroxyl groups is 1. The maximum Gasteiger partial charge on any atom is 0.353 e. The minimum atomic E-state index is -1.17. The number of azide groups is 1. The lowest BCUT2D eigenvalue weighted by Gasteiger charge is -2.44. The van der Waals surface area contributed by atoms with Gasteiger partial charge in [0.05, 0.1) is 18.1 Å². The molecule has 0 aromatic rings. The fourth-order valence-electron chi connectivity index (χ4n) is 3.00. The number of nitrogens with zero attached hydrogens (tertiary/aromatic N) is 5. The maximum atomic E-state index is 12.1. The molecule has 0 aliphatic carbocycles. The van der Waals surface area contributed by atoms with Crippen molar-refractivity contribution in [1.29, 1.82) is 0 Å². The van der Waals surface area contributed by atoms with Gasteiger partial charge < -0.3 is 20.0 Å². The van der Waals surface area contributed by atoms with Gasteiger partial charge in [0.1, 0.15) is 12.2 Å². The monoisotopic (exact) mass is 369 g/mol. The molecule has 1 fully saturated rings. The second-order valence-corrected chi connectivity index (χ2v) is 7.07. The zero-order chi connectivity index (χ0) is 18.7. The highest BCUT2D eigenvalue weighted by atomic mass is 32.2. The summed E-state index contributed by atoms with van der Waals surface area (Å²) < 4.78 is 0. The van der Waals surface area contributed by atoms with Crippen molar-refractivity contribution < 1.29 is 24.6 Å². The van der Waals surface area contributed by atoms with Gasteiger partial charge in [0.15, 0.2) is 0 Å². The van der Waals surface area contributed by atoms with Crippen molar-refractivity contribution in [1.82, 2.24) is 9.80 Å². The number of rotatable bonds is 8. The molecule has 2 heterocycles. The second kappa shape index (κ2) is 7.77. The molecular formula is C14H19N5O5S. The van der Waals surface area contributed by atoms with Crippen LogP contribution < -0.4 is 0 Å². The number of carboxylic acid groups (broad SMARTS) is 1. The molecule has 11 heteroatoms. The molecule has 0 bridgehead atoms. The zero-order valence-electron chi connectivity index (χ0n) is 13.8. The van der Waals surface area contributed by atoms with E-state index in [2.05, 4.69) is 10.0 Å². The van der Waals surface area contributed by atoms with Crippen molar-refractivity contribution in [2.75, 3.05) is 25.9 Å². The van der Waals surface area contributed by atoms with Crippen LogP contribution in [0.5, 0.6) is 0 Å². The highest BCUT2D eigenvalue weighted by Crippen LogP contribution is 2.46. The Hall–Kier alpha value is -2.23. The van der Waals surface area contributed by atoms with E-state index in [9.17, 15) is 24.6 Å². The number of hydrogen-bond acceptors (Lipinski definition) is 6. The quantitative estimate of drug-likeness (QED) is 0.274. The van der Waals surface area contributed by atoms with Gasteiger partial charge in [-0.1, -0.05) is 5.11 Å². The van der Waals surface area contributed by atoms with Gasteiger partial charge >= 0.3 is 5.97 Å². The van der Waals surface area contributed by atoms with Gasteiger partial charge in [-0.15, -0.1) is 11.8 Å². The normalized spacial score (nSPS) is 22.8. The molecule has 2 aliphatic rings. The number of β-lactam (4-membered cyclic amide) rings is 1. The summed E-state index contributed by atoms with van der Waals surface area (Å²) in [6, 6.07) is -0.314. The largest absolute Gasteiger partial charge is 0.477 e. The number of carboxylic acids is 1. The molecule has 0 aromatic heterocycles. The average molecular weight is 369 g/mol. The summed E-state index contributed by atoms with van der Waals surface area (Å²) >= 11 is 1.28. The number of aliphatic carboxylic acids is 1. The van der Waals surface area contributed by atoms with Crippen LogP contribution in [0, 0.1) is 5.92 Å². The van der Waals surface area contributed by atoms with Gasteiger partial charge in [0.2, 0.25) is 11.8 Å². The van der Waals surface area contributed by atoms with Gasteiger partial charge in [-0.3, -0.25) is 9.59 Å². The summed E-state index contributed by atoms with van der Waals surface area (Å²) in [6.07, 6.45) is -0.429. The Morgan fingerprint density at radius 1 is 1.56 bits per heavy atom. The minimum Gasteiger partial charge on any atom is -0.477 e. The molecule has 1 saturated heterocycles. The van der Waals surface area contributed by atoms with Crippen molar-refractivity contribution in [2.45, 2.75) is 25.5 Å². The van der Waals surface area contributed by atoms with E-state index in [4.69, 9.17) is 5.53 Å². The molecule has 10 nitrogen and oxygen atoms in total. The molecule has 2 rings (SSSR count). The molecule has 25 heavy (non-hydrogen) atoms. The molecule has 0 saturated carbocycles. The van der Waals surface area contributed by atoms with Gasteiger partial charge in [0, 0.05) is 35.6 Å². The third-order valence-electron chi connectivity index (χ3n) is 4.29. The molecule has 0 spiro atoms. The predicted octanol–water partition coefficient (Wildman–Crippen LogP) is 0.396. The Bertz CT molecular complexity index is 673. The Labute approximate surface area is 148 Å². The molecule has 2 amide bonds. The van der Waals surface area contributed by atoms with Crippen LogP contribution in [0.25, 0.3) is 10.4 Å². The molecule has 0 aromatic carbocycles. The van der Waals surface area contributed by atoms with E-state index < -0.39 is 18.0 Å². The number of carbonyl (C=O) groups is 3. The van der Waals surface area contributed by atoms with Crippen LogP contribution in [-0.4, -0.2) is 75.8 Å². The van der Waals surface area contributed by atoms with Crippen LogP contribution in [0.1, 0.15) is 13.3 Å². The lowest BCUT2D eigenvalue weighted by atomic mass is 9.83. The molecule has 2 aliphatic heterocycles. The van der Waals surface area contributed by atoms with E-state index in [1.165, 1.54) is 28.5 Å². The predicted molar refractivity (Wildman–Crippen MR) is 89.2 cm³/mol. The first-order chi connectivity index (χ1) is 11.8. The van der Waals surface area contributed by atoms with E-state index >= 15 is 0 Å². The molecule has 2 N–H and O–H groups in total. The van der Waals surface area contributed by atoms with Crippen LogP contribution >= 0.6 is 11.8 Å². The number of carbonyl (C=O) groups excluding carboxylic acids is 2. The zero-order valence-corrected chi connectivity index (χ0v) is 14.6. The highest BCUT2D eigenvalue weighted by Gasteiger charge is 2.56. The minimum absolute atomic E-state index is 0.0278. The SMILES string of the molecule is C[C@@H](O)[C@H]1C(=O)N2C(C(=O)O)=C(SCCN(C)C(=O)CN=[N+]=[N-])C[C@H]12. The number of thioether (sulfide) groups is 1. The fourth-order valence-corrected chi connectivity index (χ4v) is 4.23. The third-order valence-corrected chi connectivity index (χ3v) is 5.38. The van der Waals surface area contributed by atoms with Crippen LogP contribution in [0.2, 0.25) is 0 Å². The van der Waals surface area contributed by atoms with Crippen molar-refractivity contribution in [3.8, 4) is 0 Å². The number of hydrogen-bond donors (Lipinski definition) is 2. The summed E-state index contributed by atoms with van der Waals surface area (Å²) in [7, 11) is 1.57. The van der Waals surface area contributed by atoms with Crippen molar-refractivity contribution >= 4 is 29.5 Å². The Balaban J connectivity index is 1.97. The van der Waals surface area contributed by atoms with E-state index in [1.807, 2.05) is 0 Å². The van der Waals surface area contributed by atoms with Gasteiger partial charge in [-0.2, -0.15) is 0 Å². The number of likely N-dealkylation sites (N-methyl/N-ethyl adjacent to an activating group) is 1. The van der Waals surface area contributed by atoms with Crippen LogP contribution in [0.3, 0.4) is 0 Å². The summed E-state index contributed by atoms with van der Waals surface area (Å²) in [5.74, 6) is -1.99. The smallest absolute Gasteiger partial charge is 0.353 e. The first-order valence-corrected chi connectivity index (χ1v) is 8.63. The molecule has 136 valence electrons. The third kappa shape index (κ3) is 3.73. The fraction of sp³-hybridized carbons (Fsp3) is 0.643. The first kappa shape index (κ1) is 19.1. The summed E-state index contributed by atoms with van der Waals surface area (Å²) in [6.45, 7) is 1.61. The summed E-state index contributed by atoms with van der Waals surface area (Å²) in [4.78, 5) is 41.0. The van der Waals surface area contributed by atoms with Gasteiger partial charge in [-0.05, 0) is 12.5 Å². The molecule has 3 atom stereocenters. The summed E-state index contributed by atoms with van der Waals surface area (Å²) in [5.41, 5.74) is 8.18. The maximum absolute atomic E-state index is 12.1. The van der Waals surface area contributed by atoms with E-state index in [-0.39, 0.29) is 30.1 Å². The van der Waals surface area contributed by atoms with E-state index in [1.54, 1.807) is 7.05 Å². The average Bonchev–Trinajstić information content (AvgIpc) is 2.86. The topological polar surface area (TPSA) is 147 Å². The Kier molecular flexibility index (Phi) is 5.93. The lowest BCUT2D eigenvalue weighted by molar-refractivity contribution is -0.161. The molecular weight excluding hydrogens is 350 g/mol. The van der Waals surface area contributed by atoms with Gasteiger partial charge in [0.25, 0.3) is 0 Å². The van der Waals surface area contributed by atoms with Crippen molar-refractivity contribution in [3.63, 3.8) is 0 Å². The number of aliphatic hydroxyl groups excluding tert-OH is 1. The van der Waals surface area contributed by atoms with E-state index in [0.29, 0.717) is 23.6 Å². The molecule has 0 unspecified atom stereocenters. The van der Waals surface area contributed by atoms with Crippen LogP contribution in [0.15, 0.2) is 15.7 Å². The van der Waals surface area contributed by atoms with Crippen molar-refractivity contribution in [2.24, 2.45) is 11.0 Å². The number of amides is 2. The Morgan fingerprint density at radius 3 is 2.80 bits per heavy atom. The molecule has 0 radical (unpaired) electrons. The van der Waals surface area contributed by atoms with E-state index in [0.717, 1.165) is 0 Å². The van der Waals surface area contributed by atoms with Crippen LogP contribution in [-0.2, 0) is 14.4 Å². The Morgan fingerprint density at radius 2 is 2.24 bits per heavy atom. The second-order valence-electron chi connectivity index (χ2n) is 5.88. The standard InChI is InChI=1S/C14H19N5O5S/c1-7(20)11-8-5-9(12(14(23)24)19(8)13(11)22)25-4-3-18(2)10(21)6-16-17-15/h7-8,11,20H,3-6H2,1-2H3,(H,23,24)/t7-,8-,11-/m1/s1. The van der Waals surface area contributed by atoms with Gasteiger partial charge in [-0.25, -0.2) is 4.79 Å². The highest BCUT2D eigenvalue weighted by molar-refractivity contribution is 8.03. The lowest BCUT2D eigenvalue weighted by Crippen LogP contribution is -2.61. The first-order valence-electron chi connectivity index (χ1n) is 7.64. The summed E-state index contributed by atoms with van der Waals surface area (Å²) in [5, 5.41) is 22.3. The van der Waals surface area contributed by atoms with Crippen LogP contribution in [0.4, 0.5) is 0 Å².